The maximum absolute atomic E-state index is 11.7. The monoisotopic (exact) mass is 282 g/mol. The highest BCUT2D eigenvalue weighted by atomic mass is 35.5. The summed E-state index contributed by atoms with van der Waals surface area (Å²) in [5.41, 5.74) is 1.12. The lowest BCUT2D eigenvalue weighted by Crippen LogP contribution is -2.37. The molecule has 4 heteroatoms. The lowest BCUT2D eigenvalue weighted by molar-refractivity contribution is -0.120. The first-order chi connectivity index (χ1) is 9.02. The lowest BCUT2D eigenvalue weighted by atomic mass is 10.0. The Balaban J connectivity index is 2.47. The van der Waals surface area contributed by atoms with E-state index in [9.17, 15) is 4.79 Å². The van der Waals surface area contributed by atoms with Gasteiger partial charge in [-0.1, -0.05) is 44.5 Å². The van der Waals surface area contributed by atoms with Crippen molar-refractivity contribution >= 4 is 17.5 Å². The van der Waals surface area contributed by atoms with Gasteiger partial charge in [0.1, 0.15) is 0 Å². The molecule has 0 spiro atoms. The number of halogens is 1. The zero-order chi connectivity index (χ0) is 14.3. The van der Waals surface area contributed by atoms with Gasteiger partial charge in [0.2, 0.25) is 5.91 Å². The number of hydrogen-bond acceptors (Lipinski definition) is 2. The van der Waals surface area contributed by atoms with E-state index in [1.54, 1.807) is 0 Å². The molecule has 1 amide bonds. The molecule has 0 heterocycles. The van der Waals surface area contributed by atoms with Gasteiger partial charge in [0.05, 0.1) is 6.54 Å². The fourth-order valence-electron chi connectivity index (χ4n) is 1.82. The first-order valence-electron chi connectivity index (χ1n) is 6.78. The molecule has 3 nitrogen and oxygen atoms in total. The van der Waals surface area contributed by atoms with E-state index in [4.69, 9.17) is 11.6 Å². The Kier molecular flexibility index (Phi) is 6.89. The number of rotatable bonds is 7. The molecule has 106 valence electrons. The molecule has 0 fully saturated rings. The van der Waals surface area contributed by atoms with E-state index < -0.39 is 0 Å². The first kappa shape index (κ1) is 16.0. The second kappa shape index (κ2) is 8.18. The zero-order valence-corrected chi connectivity index (χ0v) is 12.6. The molecule has 0 aliphatic heterocycles. The third-order valence-electron chi connectivity index (χ3n) is 2.88. The van der Waals surface area contributed by atoms with Crippen LogP contribution in [0.1, 0.15) is 38.8 Å². The molecule has 0 aliphatic rings. The minimum atomic E-state index is 0.0363. The number of benzene rings is 1. The van der Waals surface area contributed by atoms with Gasteiger partial charge in [-0.3, -0.25) is 4.79 Å². The molecule has 1 atom stereocenters. The number of amides is 1. The molecule has 1 unspecified atom stereocenters. The number of carbonyl (C=O) groups excluding carboxylic acids is 1. The van der Waals surface area contributed by atoms with Crippen LogP contribution in [0.15, 0.2) is 24.3 Å². The van der Waals surface area contributed by atoms with Gasteiger partial charge in [-0.15, -0.1) is 0 Å². The molecular formula is C15H23ClN2O. The predicted molar refractivity (Wildman–Crippen MR) is 80.3 cm³/mol. The van der Waals surface area contributed by atoms with E-state index in [0.717, 1.165) is 17.0 Å². The standard InChI is InChI=1S/C15H23ClN2O/c1-4-14(12-6-5-7-13(16)8-12)17-10-15(19)18-9-11(2)3/h5-8,11,14,17H,4,9-10H2,1-3H3,(H,18,19). The third kappa shape index (κ3) is 6.08. The molecule has 0 aromatic heterocycles. The molecule has 2 N–H and O–H groups in total. The third-order valence-corrected chi connectivity index (χ3v) is 3.11. The summed E-state index contributed by atoms with van der Waals surface area (Å²) in [5.74, 6) is 0.507. The molecule has 1 aromatic carbocycles. The van der Waals surface area contributed by atoms with Crippen LogP contribution < -0.4 is 10.6 Å². The van der Waals surface area contributed by atoms with Crippen LogP contribution in [0, 0.1) is 5.92 Å². The predicted octanol–water partition coefficient (Wildman–Crippen LogP) is 3.15. The summed E-state index contributed by atoms with van der Waals surface area (Å²) in [6, 6.07) is 7.91. The van der Waals surface area contributed by atoms with Gasteiger partial charge in [0.15, 0.2) is 0 Å². The normalized spacial score (nSPS) is 12.5. The highest BCUT2D eigenvalue weighted by Crippen LogP contribution is 2.19. The minimum Gasteiger partial charge on any atom is -0.355 e. The van der Waals surface area contributed by atoms with Crippen LogP contribution in [0.3, 0.4) is 0 Å². The Morgan fingerprint density at radius 3 is 2.68 bits per heavy atom. The van der Waals surface area contributed by atoms with Crippen molar-refractivity contribution in [2.24, 2.45) is 5.92 Å². The average molecular weight is 283 g/mol. The number of hydrogen-bond donors (Lipinski definition) is 2. The van der Waals surface area contributed by atoms with Crippen molar-refractivity contribution in [3.05, 3.63) is 34.9 Å². The fourth-order valence-corrected chi connectivity index (χ4v) is 2.02. The van der Waals surface area contributed by atoms with Crippen molar-refractivity contribution in [2.45, 2.75) is 33.2 Å². The van der Waals surface area contributed by atoms with Crippen molar-refractivity contribution in [1.82, 2.24) is 10.6 Å². The van der Waals surface area contributed by atoms with Crippen LogP contribution in [0.25, 0.3) is 0 Å². The van der Waals surface area contributed by atoms with Crippen molar-refractivity contribution in [3.8, 4) is 0 Å². The zero-order valence-electron chi connectivity index (χ0n) is 11.9. The average Bonchev–Trinajstić information content (AvgIpc) is 2.37. The molecule has 0 saturated carbocycles. The van der Waals surface area contributed by atoms with Gasteiger partial charge >= 0.3 is 0 Å². The van der Waals surface area contributed by atoms with E-state index in [-0.39, 0.29) is 11.9 Å². The van der Waals surface area contributed by atoms with Gasteiger partial charge in [-0.25, -0.2) is 0 Å². The summed E-state index contributed by atoms with van der Waals surface area (Å²) in [7, 11) is 0. The molecular weight excluding hydrogens is 260 g/mol. The summed E-state index contributed by atoms with van der Waals surface area (Å²) in [6.07, 6.45) is 0.914. The van der Waals surface area contributed by atoms with Gasteiger partial charge in [0, 0.05) is 17.6 Å². The van der Waals surface area contributed by atoms with Crippen LogP contribution in [0.2, 0.25) is 5.02 Å². The Bertz CT molecular complexity index is 407. The quantitative estimate of drug-likeness (QED) is 0.807. The smallest absolute Gasteiger partial charge is 0.233 e. The van der Waals surface area contributed by atoms with E-state index >= 15 is 0 Å². The van der Waals surface area contributed by atoms with Crippen LogP contribution in [-0.4, -0.2) is 19.0 Å². The number of carbonyl (C=O) groups is 1. The van der Waals surface area contributed by atoms with Crippen molar-refractivity contribution < 1.29 is 4.79 Å². The number of nitrogens with one attached hydrogen (secondary N) is 2. The summed E-state index contributed by atoms with van der Waals surface area (Å²) in [5, 5.41) is 6.89. The maximum atomic E-state index is 11.7. The van der Waals surface area contributed by atoms with Crippen LogP contribution in [-0.2, 0) is 4.79 Å². The van der Waals surface area contributed by atoms with Crippen molar-refractivity contribution in [3.63, 3.8) is 0 Å². The first-order valence-corrected chi connectivity index (χ1v) is 7.16. The topological polar surface area (TPSA) is 41.1 Å². The van der Waals surface area contributed by atoms with Gasteiger partial charge in [-0.05, 0) is 30.0 Å². The molecule has 0 radical (unpaired) electrons. The van der Waals surface area contributed by atoms with Crippen LogP contribution >= 0.6 is 11.6 Å². The Morgan fingerprint density at radius 1 is 1.37 bits per heavy atom. The lowest BCUT2D eigenvalue weighted by Gasteiger charge is -2.17. The van der Waals surface area contributed by atoms with Gasteiger partial charge in [-0.2, -0.15) is 0 Å². The van der Waals surface area contributed by atoms with E-state index in [1.165, 1.54) is 0 Å². The van der Waals surface area contributed by atoms with Gasteiger partial charge in [0.25, 0.3) is 0 Å². The Morgan fingerprint density at radius 2 is 2.11 bits per heavy atom. The maximum Gasteiger partial charge on any atom is 0.233 e. The van der Waals surface area contributed by atoms with Crippen LogP contribution in [0.4, 0.5) is 0 Å². The van der Waals surface area contributed by atoms with E-state index in [2.05, 4.69) is 31.4 Å². The van der Waals surface area contributed by atoms with E-state index in [0.29, 0.717) is 19.0 Å². The van der Waals surface area contributed by atoms with Crippen molar-refractivity contribution in [2.75, 3.05) is 13.1 Å². The second-order valence-corrected chi connectivity index (χ2v) is 5.53. The molecule has 0 saturated heterocycles. The van der Waals surface area contributed by atoms with E-state index in [1.807, 2.05) is 24.3 Å². The second-order valence-electron chi connectivity index (χ2n) is 5.09. The highest BCUT2D eigenvalue weighted by molar-refractivity contribution is 6.30. The SMILES string of the molecule is CCC(NCC(=O)NCC(C)C)c1cccc(Cl)c1. The largest absolute Gasteiger partial charge is 0.355 e. The summed E-state index contributed by atoms with van der Waals surface area (Å²) in [4.78, 5) is 11.7. The summed E-state index contributed by atoms with van der Waals surface area (Å²) < 4.78 is 0. The molecule has 1 aromatic rings. The van der Waals surface area contributed by atoms with Crippen LogP contribution in [0.5, 0.6) is 0 Å². The highest BCUT2D eigenvalue weighted by Gasteiger charge is 2.11. The molecule has 0 bridgehead atoms. The minimum absolute atomic E-state index is 0.0363. The van der Waals surface area contributed by atoms with Crippen molar-refractivity contribution in [1.29, 1.82) is 0 Å². The van der Waals surface area contributed by atoms with Gasteiger partial charge < -0.3 is 10.6 Å². The Hall–Kier alpha value is -1.06. The molecule has 0 aliphatic carbocycles. The summed E-state index contributed by atoms with van der Waals surface area (Å²) in [6.45, 7) is 7.29. The Labute approximate surface area is 120 Å². The molecule has 1 rings (SSSR count). The molecule has 19 heavy (non-hydrogen) atoms. The fraction of sp³-hybridized carbons (Fsp3) is 0.533. The summed E-state index contributed by atoms with van der Waals surface area (Å²) >= 11 is 5.99.